The second-order valence-corrected chi connectivity index (χ2v) is 8.58. The summed E-state index contributed by atoms with van der Waals surface area (Å²) in [6, 6.07) is 21.6. The van der Waals surface area contributed by atoms with E-state index in [4.69, 9.17) is 9.47 Å². The maximum atomic E-state index is 13.1. The molecule has 8 heteroatoms. The number of carbonyl (C=O) groups excluding carboxylic acids is 3. The maximum absolute atomic E-state index is 13.1. The molecule has 2 N–H and O–H groups in total. The average Bonchev–Trinajstić information content (AvgIpc) is 3.50. The van der Waals surface area contributed by atoms with Gasteiger partial charge in [0.15, 0.2) is 11.5 Å². The van der Waals surface area contributed by atoms with E-state index in [1.54, 1.807) is 47.4 Å². The van der Waals surface area contributed by atoms with Gasteiger partial charge in [-0.15, -0.1) is 0 Å². The minimum atomic E-state index is -0.549. The molecule has 3 aromatic carbocycles. The number of ether oxygens (including phenoxy) is 2. The number of amides is 3. The van der Waals surface area contributed by atoms with Crippen molar-refractivity contribution in [1.29, 1.82) is 0 Å². The molecule has 2 aliphatic heterocycles. The number of benzene rings is 3. The molecule has 8 nitrogen and oxygen atoms in total. The van der Waals surface area contributed by atoms with Gasteiger partial charge in [0.25, 0.3) is 5.91 Å². The number of nitrogens with zero attached hydrogens (tertiary/aromatic N) is 1. The zero-order chi connectivity index (χ0) is 24.4. The molecule has 3 amide bonds. The Bertz CT molecular complexity index is 1280. The number of rotatable bonds is 6. The first-order valence-electron chi connectivity index (χ1n) is 11.5. The third-order valence-electron chi connectivity index (χ3n) is 6.24. The van der Waals surface area contributed by atoms with Gasteiger partial charge in [0, 0.05) is 24.7 Å². The van der Waals surface area contributed by atoms with Crippen LogP contribution in [0.25, 0.3) is 0 Å². The fraction of sp³-hybridized carbons (Fsp3) is 0.222. The minimum Gasteiger partial charge on any atom is -0.454 e. The Labute approximate surface area is 202 Å². The topological polar surface area (TPSA) is 97.0 Å². The summed E-state index contributed by atoms with van der Waals surface area (Å²) in [4.78, 5) is 40.3. The van der Waals surface area contributed by atoms with Crippen LogP contribution in [0, 0.1) is 5.92 Å². The average molecular weight is 472 g/mol. The van der Waals surface area contributed by atoms with Crippen LogP contribution in [0.1, 0.15) is 35.3 Å². The number of para-hydroxylation sites is 1. The van der Waals surface area contributed by atoms with Crippen LogP contribution in [0.2, 0.25) is 0 Å². The van der Waals surface area contributed by atoms with E-state index in [9.17, 15) is 14.4 Å². The molecule has 0 aromatic heterocycles. The second-order valence-electron chi connectivity index (χ2n) is 8.58. The standard InChI is InChI=1S/C27H25N3O5/c1-17(18-7-3-2-4-8-18)28-27(33)21-9-5-6-10-22(21)29-26(32)19-13-25(31)30(15-19)20-11-12-23-24(14-20)35-16-34-23/h2-12,14,17,19H,13,15-16H2,1H3,(H,28,33)(H,29,32). The smallest absolute Gasteiger partial charge is 0.253 e. The molecule has 1 fully saturated rings. The zero-order valence-electron chi connectivity index (χ0n) is 19.2. The van der Waals surface area contributed by atoms with E-state index in [2.05, 4.69) is 10.6 Å². The van der Waals surface area contributed by atoms with E-state index < -0.39 is 5.92 Å². The summed E-state index contributed by atoms with van der Waals surface area (Å²) in [5.41, 5.74) is 2.41. The molecule has 2 heterocycles. The van der Waals surface area contributed by atoms with Crippen LogP contribution in [0.3, 0.4) is 0 Å². The summed E-state index contributed by atoms with van der Waals surface area (Å²) < 4.78 is 10.7. The van der Waals surface area contributed by atoms with Crippen molar-refractivity contribution in [3.05, 3.63) is 83.9 Å². The largest absolute Gasteiger partial charge is 0.454 e. The lowest BCUT2D eigenvalue weighted by Crippen LogP contribution is -2.30. The predicted molar refractivity (Wildman–Crippen MR) is 130 cm³/mol. The summed E-state index contributed by atoms with van der Waals surface area (Å²) in [6.07, 6.45) is 0.0830. The molecule has 0 spiro atoms. The van der Waals surface area contributed by atoms with E-state index in [1.165, 1.54) is 0 Å². The normalized spacial score (nSPS) is 17.2. The number of carbonyl (C=O) groups is 3. The minimum absolute atomic E-state index is 0.0830. The Kier molecular flexibility index (Phi) is 6.10. The van der Waals surface area contributed by atoms with Crippen LogP contribution in [0.5, 0.6) is 11.5 Å². The van der Waals surface area contributed by atoms with Crippen molar-refractivity contribution in [2.75, 3.05) is 23.6 Å². The third-order valence-corrected chi connectivity index (χ3v) is 6.24. The van der Waals surface area contributed by atoms with E-state index in [0.29, 0.717) is 28.4 Å². The molecule has 178 valence electrons. The fourth-order valence-electron chi connectivity index (χ4n) is 4.31. The third kappa shape index (κ3) is 4.68. The van der Waals surface area contributed by atoms with E-state index >= 15 is 0 Å². The van der Waals surface area contributed by atoms with Gasteiger partial charge in [-0.1, -0.05) is 42.5 Å². The van der Waals surface area contributed by atoms with Crippen LogP contribution in [-0.4, -0.2) is 31.1 Å². The van der Waals surface area contributed by atoms with Gasteiger partial charge in [0.05, 0.1) is 23.2 Å². The van der Waals surface area contributed by atoms with Crippen LogP contribution in [-0.2, 0) is 9.59 Å². The van der Waals surface area contributed by atoms with Crippen molar-refractivity contribution in [2.45, 2.75) is 19.4 Å². The predicted octanol–water partition coefficient (Wildman–Crippen LogP) is 3.90. The lowest BCUT2D eigenvalue weighted by atomic mass is 10.1. The van der Waals surface area contributed by atoms with Gasteiger partial charge in [-0.25, -0.2) is 0 Å². The Morgan fingerprint density at radius 2 is 1.71 bits per heavy atom. The second kappa shape index (κ2) is 9.50. The van der Waals surface area contributed by atoms with Crippen molar-refractivity contribution in [3.63, 3.8) is 0 Å². The fourth-order valence-corrected chi connectivity index (χ4v) is 4.31. The highest BCUT2D eigenvalue weighted by molar-refractivity contribution is 6.07. The van der Waals surface area contributed by atoms with E-state index in [1.807, 2.05) is 37.3 Å². The highest BCUT2D eigenvalue weighted by atomic mass is 16.7. The van der Waals surface area contributed by atoms with Gasteiger partial charge in [0.2, 0.25) is 18.6 Å². The SMILES string of the molecule is CC(NC(=O)c1ccccc1NC(=O)C1CC(=O)N(c2ccc3c(c2)OCO3)C1)c1ccccc1. The number of hydrogen-bond acceptors (Lipinski definition) is 5. The number of fused-ring (bicyclic) bond motifs is 1. The van der Waals surface area contributed by atoms with Crippen molar-refractivity contribution in [2.24, 2.45) is 5.92 Å². The Morgan fingerprint density at radius 1 is 0.971 bits per heavy atom. The maximum Gasteiger partial charge on any atom is 0.253 e. The lowest BCUT2D eigenvalue weighted by Gasteiger charge is -2.18. The molecule has 0 radical (unpaired) electrons. The molecule has 5 rings (SSSR count). The van der Waals surface area contributed by atoms with Crippen molar-refractivity contribution in [3.8, 4) is 11.5 Å². The Balaban J connectivity index is 1.26. The Hall–Kier alpha value is -4.33. The number of nitrogens with one attached hydrogen (secondary N) is 2. The summed E-state index contributed by atoms with van der Waals surface area (Å²) in [6.45, 7) is 2.29. The zero-order valence-corrected chi connectivity index (χ0v) is 19.2. The van der Waals surface area contributed by atoms with Crippen LogP contribution < -0.4 is 25.0 Å². The molecule has 35 heavy (non-hydrogen) atoms. The molecule has 0 saturated carbocycles. The highest BCUT2D eigenvalue weighted by Crippen LogP contribution is 2.37. The van der Waals surface area contributed by atoms with E-state index in [0.717, 1.165) is 5.56 Å². The van der Waals surface area contributed by atoms with Gasteiger partial charge in [-0.2, -0.15) is 0 Å². The summed E-state index contributed by atoms with van der Waals surface area (Å²) in [7, 11) is 0. The van der Waals surface area contributed by atoms with Crippen LogP contribution >= 0.6 is 0 Å². The first kappa shape index (κ1) is 22.5. The summed E-state index contributed by atoms with van der Waals surface area (Å²) in [5, 5.41) is 5.83. The molecular formula is C27H25N3O5. The first-order valence-corrected chi connectivity index (χ1v) is 11.5. The number of anilines is 2. The molecular weight excluding hydrogens is 446 g/mol. The van der Waals surface area contributed by atoms with E-state index in [-0.39, 0.29) is 43.5 Å². The molecule has 2 aliphatic rings. The van der Waals surface area contributed by atoms with Crippen molar-refractivity contribution >= 4 is 29.1 Å². The van der Waals surface area contributed by atoms with Crippen molar-refractivity contribution < 1.29 is 23.9 Å². The van der Waals surface area contributed by atoms with Gasteiger partial charge in [-0.05, 0) is 36.8 Å². The molecule has 2 atom stereocenters. The van der Waals surface area contributed by atoms with Crippen LogP contribution in [0.15, 0.2) is 72.8 Å². The Morgan fingerprint density at radius 3 is 2.54 bits per heavy atom. The molecule has 2 unspecified atom stereocenters. The quantitative estimate of drug-likeness (QED) is 0.569. The van der Waals surface area contributed by atoms with Gasteiger partial charge >= 0.3 is 0 Å². The molecule has 3 aromatic rings. The van der Waals surface area contributed by atoms with Crippen LogP contribution in [0.4, 0.5) is 11.4 Å². The van der Waals surface area contributed by atoms with Crippen molar-refractivity contribution in [1.82, 2.24) is 5.32 Å². The first-order chi connectivity index (χ1) is 17.0. The highest BCUT2D eigenvalue weighted by Gasteiger charge is 2.36. The number of hydrogen-bond donors (Lipinski definition) is 2. The summed E-state index contributed by atoms with van der Waals surface area (Å²) >= 11 is 0. The lowest BCUT2D eigenvalue weighted by molar-refractivity contribution is -0.122. The van der Waals surface area contributed by atoms with Gasteiger partial charge < -0.3 is 25.0 Å². The molecule has 0 bridgehead atoms. The van der Waals surface area contributed by atoms with Gasteiger partial charge in [-0.3, -0.25) is 14.4 Å². The molecule has 1 saturated heterocycles. The molecule has 0 aliphatic carbocycles. The summed E-state index contributed by atoms with van der Waals surface area (Å²) in [5.74, 6) is -0.0854. The monoisotopic (exact) mass is 471 g/mol. The van der Waals surface area contributed by atoms with Gasteiger partial charge in [0.1, 0.15) is 0 Å².